The van der Waals surface area contributed by atoms with E-state index in [1.807, 2.05) is 6.92 Å². The topological polar surface area (TPSA) is 99.1 Å². The van der Waals surface area contributed by atoms with Gasteiger partial charge in [0.2, 0.25) is 5.89 Å². The summed E-state index contributed by atoms with van der Waals surface area (Å²) in [6.07, 6.45) is 2.37. The monoisotopic (exact) mass is 259 g/mol. The van der Waals surface area contributed by atoms with Crippen molar-refractivity contribution in [2.45, 2.75) is 38.1 Å². The predicted molar refractivity (Wildman–Crippen MR) is 62.0 cm³/mol. The SMILES string of the molecule is CCCc1nc(C2(N)CCS(=O)(=O)CC2)no1. The molecule has 2 rings (SSSR count). The van der Waals surface area contributed by atoms with Crippen LogP contribution in [0.3, 0.4) is 0 Å². The lowest BCUT2D eigenvalue weighted by Gasteiger charge is -2.29. The highest BCUT2D eigenvalue weighted by Crippen LogP contribution is 2.29. The summed E-state index contributed by atoms with van der Waals surface area (Å²) in [5.74, 6) is 1.21. The molecule has 1 aliphatic rings. The second-order valence-corrected chi connectivity index (χ2v) is 6.87. The minimum Gasteiger partial charge on any atom is -0.339 e. The van der Waals surface area contributed by atoms with Crippen molar-refractivity contribution in [3.63, 3.8) is 0 Å². The maximum Gasteiger partial charge on any atom is 0.226 e. The van der Waals surface area contributed by atoms with Crippen LogP contribution in [0.2, 0.25) is 0 Å². The minimum atomic E-state index is -2.93. The lowest BCUT2D eigenvalue weighted by Crippen LogP contribution is -2.45. The molecule has 0 saturated carbocycles. The lowest BCUT2D eigenvalue weighted by atomic mass is 9.93. The molecule has 1 fully saturated rings. The Bertz CT molecular complexity index is 481. The van der Waals surface area contributed by atoms with E-state index < -0.39 is 15.4 Å². The predicted octanol–water partition coefficient (Wildman–Crippen LogP) is 0.385. The first-order chi connectivity index (χ1) is 7.95. The van der Waals surface area contributed by atoms with Crippen LogP contribution >= 0.6 is 0 Å². The summed E-state index contributed by atoms with van der Waals surface area (Å²) in [5.41, 5.74) is 5.41. The van der Waals surface area contributed by atoms with E-state index >= 15 is 0 Å². The van der Waals surface area contributed by atoms with Gasteiger partial charge in [-0.1, -0.05) is 12.1 Å². The van der Waals surface area contributed by atoms with Gasteiger partial charge in [0.05, 0.1) is 17.0 Å². The molecule has 0 atom stereocenters. The number of hydrogen-bond acceptors (Lipinski definition) is 6. The van der Waals surface area contributed by atoms with Crippen LogP contribution in [0, 0.1) is 0 Å². The average Bonchev–Trinajstić information content (AvgIpc) is 2.73. The van der Waals surface area contributed by atoms with Crippen molar-refractivity contribution in [3.05, 3.63) is 11.7 Å². The summed E-state index contributed by atoms with van der Waals surface area (Å²) in [6.45, 7) is 2.02. The molecule has 0 radical (unpaired) electrons. The summed E-state index contributed by atoms with van der Waals surface area (Å²) in [5, 5.41) is 3.87. The van der Waals surface area contributed by atoms with Crippen molar-refractivity contribution in [2.24, 2.45) is 5.73 Å². The van der Waals surface area contributed by atoms with Crippen LogP contribution in [-0.2, 0) is 21.8 Å². The fourth-order valence-corrected chi connectivity index (χ4v) is 3.45. The Morgan fingerprint density at radius 2 is 2.06 bits per heavy atom. The summed E-state index contributed by atoms with van der Waals surface area (Å²) < 4.78 is 27.8. The van der Waals surface area contributed by atoms with Crippen molar-refractivity contribution < 1.29 is 12.9 Å². The first kappa shape index (κ1) is 12.5. The molecular weight excluding hydrogens is 242 g/mol. The van der Waals surface area contributed by atoms with Crippen LogP contribution < -0.4 is 5.73 Å². The molecule has 6 nitrogen and oxygen atoms in total. The molecule has 0 bridgehead atoms. The van der Waals surface area contributed by atoms with Gasteiger partial charge in [-0.15, -0.1) is 0 Å². The van der Waals surface area contributed by atoms with E-state index in [-0.39, 0.29) is 11.5 Å². The van der Waals surface area contributed by atoms with Crippen LogP contribution in [0.4, 0.5) is 0 Å². The fraction of sp³-hybridized carbons (Fsp3) is 0.800. The van der Waals surface area contributed by atoms with Gasteiger partial charge in [-0.3, -0.25) is 0 Å². The highest BCUT2D eigenvalue weighted by molar-refractivity contribution is 7.91. The van der Waals surface area contributed by atoms with Gasteiger partial charge in [0.15, 0.2) is 5.82 Å². The zero-order chi connectivity index (χ0) is 12.5. The molecule has 2 heterocycles. The van der Waals surface area contributed by atoms with Crippen molar-refractivity contribution >= 4 is 9.84 Å². The Morgan fingerprint density at radius 3 is 2.65 bits per heavy atom. The van der Waals surface area contributed by atoms with E-state index in [4.69, 9.17) is 10.3 Å². The van der Waals surface area contributed by atoms with Gasteiger partial charge in [0.25, 0.3) is 0 Å². The summed E-state index contributed by atoms with van der Waals surface area (Å²) in [7, 11) is -2.93. The van der Waals surface area contributed by atoms with Gasteiger partial charge in [-0.2, -0.15) is 4.98 Å². The van der Waals surface area contributed by atoms with Crippen molar-refractivity contribution in [1.82, 2.24) is 10.1 Å². The third-order valence-corrected chi connectivity index (χ3v) is 4.75. The average molecular weight is 259 g/mol. The highest BCUT2D eigenvalue weighted by Gasteiger charge is 2.39. The van der Waals surface area contributed by atoms with Crippen molar-refractivity contribution in [3.8, 4) is 0 Å². The normalized spacial score (nSPS) is 22.5. The van der Waals surface area contributed by atoms with E-state index in [1.54, 1.807) is 0 Å². The number of sulfone groups is 1. The Balaban J connectivity index is 2.15. The molecule has 96 valence electrons. The van der Waals surface area contributed by atoms with Gasteiger partial charge >= 0.3 is 0 Å². The molecule has 1 aliphatic heterocycles. The van der Waals surface area contributed by atoms with Gasteiger partial charge in [-0.25, -0.2) is 8.42 Å². The molecule has 0 amide bonds. The molecule has 1 saturated heterocycles. The highest BCUT2D eigenvalue weighted by atomic mass is 32.2. The number of aromatic nitrogens is 2. The molecule has 0 aromatic carbocycles. The fourth-order valence-electron chi connectivity index (χ4n) is 1.90. The quantitative estimate of drug-likeness (QED) is 0.842. The maximum atomic E-state index is 11.4. The van der Waals surface area contributed by atoms with E-state index in [1.165, 1.54) is 0 Å². The van der Waals surface area contributed by atoms with Crippen molar-refractivity contribution in [1.29, 1.82) is 0 Å². The van der Waals surface area contributed by atoms with Gasteiger partial charge < -0.3 is 10.3 Å². The standard InChI is InChI=1S/C10H17N3O3S/c1-2-3-8-12-9(13-16-8)10(11)4-6-17(14,15)7-5-10/h2-7,11H2,1H3. The van der Waals surface area contributed by atoms with Crippen LogP contribution in [0.1, 0.15) is 37.9 Å². The number of hydrogen-bond donors (Lipinski definition) is 1. The van der Waals surface area contributed by atoms with E-state index in [0.717, 1.165) is 12.8 Å². The summed E-state index contributed by atoms with van der Waals surface area (Å²) >= 11 is 0. The molecule has 7 heteroatoms. The third kappa shape index (κ3) is 2.66. The van der Waals surface area contributed by atoms with Gasteiger partial charge in [-0.05, 0) is 19.3 Å². The first-order valence-corrected chi connectivity index (χ1v) is 7.60. The van der Waals surface area contributed by atoms with Crippen LogP contribution in [0.15, 0.2) is 4.52 Å². The Labute approximate surface area is 100 Å². The smallest absolute Gasteiger partial charge is 0.226 e. The zero-order valence-corrected chi connectivity index (χ0v) is 10.7. The molecule has 0 spiro atoms. The van der Waals surface area contributed by atoms with Crippen LogP contribution in [-0.4, -0.2) is 30.1 Å². The lowest BCUT2D eigenvalue weighted by molar-refractivity contribution is 0.330. The molecule has 2 N–H and O–H groups in total. The summed E-state index contributed by atoms with van der Waals surface area (Å²) in [6, 6.07) is 0. The maximum absolute atomic E-state index is 11.4. The second kappa shape index (κ2) is 4.38. The second-order valence-electron chi connectivity index (χ2n) is 4.57. The molecule has 1 aromatic heterocycles. The van der Waals surface area contributed by atoms with E-state index in [2.05, 4.69) is 10.1 Å². The largest absolute Gasteiger partial charge is 0.339 e. The number of nitrogens with zero attached hydrogens (tertiary/aromatic N) is 2. The van der Waals surface area contributed by atoms with Crippen molar-refractivity contribution in [2.75, 3.05) is 11.5 Å². The molecule has 17 heavy (non-hydrogen) atoms. The molecule has 1 aromatic rings. The van der Waals surface area contributed by atoms with Crippen LogP contribution in [0.5, 0.6) is 0 Å². The zero-order valence-electron chi connectivity index (χ0n) is 9.85. The number of rotatable bonds is 3. The number of nitrogens with two attached hydrogens (primary N) is 1. The Hall–Kier alpha value is -0.950. The van der Waals surface area contributed by atoms with E-state index in [9.17, 15) is 8.42 Å². The van der Waals surface area contributed by atoms with Crippen LogP contribution in [0.25, 0.3) is 0 Å². The van der Waals surface area contributed by atoms with E-state index in [0.29, 0.717) is 24.6 Å². The Kier molecular flexibility index (Phi) is 3.22. The molecule has 0 aliphatic carbocycles. The third-order valence-electron chi connectivity index (χ3n) is 3.10. The number of aryl methyl sites for hydroxylation is 1. The minimum absolute atomic E-state index is 0.0984. The molecule has 0 unspecified atom stereocenters. The van der Waals surface area contributed by atoms with Gasteiger partial charge in [0, 0.05) is 6.42 Å². The Morgan fingerprint density at radius 1 is 1.41 bits per heavy atom. The molecular formula is C10H17N3O3S. The first-order valence-electron chi connectivity index (χ1n) is 5.77. The van der Waals surface area contributed by atoms with Gasteiger partial charge in [0.1, 0.15) is 9.84 Å². The summed E-state index contributed by atoms with van der Waals surface area (Å²) in [4.78, 5) is 4.25.